The van der Waals surface area contributed by atoms with Gasteiger partial charge in [-0.1, -0.05) is 46.4 Å². The van der Waals surface area contributed by atoms with Crippen LogP contribution in [0.5, 0.6) is 0 Å². The first-order valence-electron chi connectivity index (χ1n) is 10.2. The number of aromatic nitrogens is 1. The summed E-state index contributed by atoms with van der Waals surface area (Å²) in [6.45, 7) is 0.641. The zero-order valence-electron chi connectivity index (χ0n) is 16.4. The maximum atomic E-state index is 13.9. The van der Waals surface area contributed by atoms with Crippen molar-refractivity contribution in [2.24, 2.45) is 11.8 Å². The first kappa shape index (κ1) is 21.0. The number of pyridine rings is 1. The van der Waals surface area contributed by atoms with E-state index in [1.807, 2.05) is 0 Å². The highest BCUT2D eigenvalue weighted by Gasteiger charge is 2.74. The molecule has 5 unspecified atom stereocenters. The number of hydrogen-bond donors (Lipinski definition) is 2. The lowest BCUT2D eigenvalue weighted by molar-refractivity contribution is -0.127. The summed E-state index contributed by atoms with van der Waals surface area (Å²) in [6.07, 6.45) is 0.418. The van der Waals surface area contributed by atoms with E-state index in [0.717, 1.165) is 17.7 Å². The highest BCUT2D eigenvalue weighted by Crippen LogP contribution is 2.62. The van der Waals surface area contributed by atoms with Gasteiger partial charge in [-0.25, -0.2) is 9.88 Å². The van der Waals surface area contributed by atoms with Gasteiger partial charge in [0.15, 0.2) is 0 Å². The van der Waals surface area contributed by atoms with E-state index in [9.17, 15) is 14.7 Å². The van der Waals surface area contributed by atoms with Crippen LogP contribution in [0.1, 0.15) is 18.4 Å². The molecule has 32 heavy (non-hydrogen) atoms. The van der Waals surface area contributed by atoms with Crippen molar-refractivity contribution in [3.63, 3.8) is 0 Å². The second-order valence-corrected chi connectivity index (χ2v) is 10.2. The SMILES string of the molecule is O=C1C2C3CCCN3C3(c4cc(Cl)cc(Cl)c4NC3O)C2C(=O)N1c1cc(Cl)cc(Cl)n1. The van der Waals surface area contributed by atoms with E-state index >= 15 is 0 Å². The molecule has 6 rings (SSSR count). The third-order valence-corrected chi connectivity index (χ3v) is 8.10. The molecule has 7 nitrogen and oxygen atoms in total. The summed E-state index contributed by atoms with van der Waals surface area (Å²) in [5.41, 5.74) is -0.0287. The molecule has 5 atom stereocenters. The number of anilines is 2. The molecule has 2 N–H and O–H groups in total. The molecule has 2 amide bonds. The molecular weight excluding hydrogens is 498 g/mol. The predicted molar refractivity (Wildman–Crippen MR) is 121 cm³/mol. The van der Waals surface area contributed by atoms with Gasteiger partial charge in [0.05, 0.1) is 22.5 Å². The number of fused-ring (bicyclic) bond motifs is 7. The monoisotopic (exact) mass is 512 g/mol. The molecule has 2 aromatic rings. The fourth-order valence-electron chi connectivity index (χ4n) is 6.22. The van der Waals surface area contributed by atoms with Gasteiger partial charge in [0.1, 0.15) is 22.7 Å². The third-order valence-electron chi connectivity index (χ3n) is 7.17. The lowest BCUT2D eigenvalue weighted by Gasteiger charge is -2.41. The molecule has 4 aliphatic heterocycles. The highest BCUT2D eigenvalue weighted by molar-refractivity contribution is 6.37. The maximum absolute atomic E-state index is 13.9. The van der Waals surface area contributed by atoms with Crippen LogP contribution >= 0.6 is 46.4 Å². The summed E-state index contributed by atoms with van der Waals surface area (Å²) in [6, 6.07) is 5.97. The Hall–Kier alpha value is -1.61. The first-order chi connectivity index (χ1) is 15.2. The minimum Gasteiger partial charge on any atom is -0.371 e. The van der Waals surface area contributed by atoms with Gasteiger partial charge in [0.2, 0.25) is 11.8 Å². The summed E-state index contributed by atoms with van der Waals surface area (Å²) in [5, 5.41) is 15.5. The molecule has 1 aromatic carbocycles. The lowest BCUT2D eigenvalue weighted by atomic mass is 9.75. The fraction of sp³-hybridized carbons (Fsp3) is 0.381. The van der Waals surface area contributed by atoms with Crippen molar-refractivity contribution in [3.8, 4) is 0 Å². The minimum absolute atomic E-state index is 0.0776. The van der Waals surface area contributed by atoms with Crippen molar-refractivity contribution in [3.05, 3.63) is 50.0 Å². The zero-order chi connectivity index (χ0) is 22.5. The van der Waals surface area contributed by atoms with E-state index in [4.69, 9.17) is 46.4 Å². The van der Waals surface area contributed by atoms with Gasteiger partial charge in [0, 0.05) is 27.7 Å². The summed E-state index contributed by atoms with van der Waals surface area (Å²) >= 11 is 24.9. The van der Waals surface area contributed by atoms with Crippen LogP contribution in [0.25, 0.3) is 0 Å². The molecule has 3 fully saturated rings. The predicted octanol–water partition coefficient (Wildman–Crippen LogP) is 3.92. The first-order valence-corrected chi connectivity index (χ1v) is 11.7. The number of rotatable bonds is 1. The molecule has 1 aromatic heterocycles. The van der Waals surface area contributed by atoms with Crippen molar-refractivity contribution in [2.75, 3.05) is 16.8 Å². The van der Waals surface area contributed by atoms with Crippen LogP contribution in [-0.2, 0) is 15.1 Å². The zero-order valence-corrected chi connectivity index (χ0v) is 19.4. The summed E-state index contributed by atoms with van der Waals surface area (Å²) < 4.78 is 0. The van der Waals surface area contributed by atoms with Gasteiger partial charge >= 0.3 is 0 Å². The molecular formula is C21H16Cl4N4O3. The Balaban J connectivity index is 1.57. The van der Waals surface area contributed by atoms with E-state index in [2.05, 4.69) is 15.2 Å². The Kier molecular flexibility index (Phi) is 4.55. The number of nitrogens with zero attached hydrogens (tertiary/aromatic N) is 3. The molecule has 0 radical (unpaired) electrons. The Morgan fingerprint density at radius 3 is 2.56 bits per heavy atom. The molecule has 5 heterocycles. The van der Waals surface area contributed by atoms with E-state index in [1.165, 1.54) is 12.1 Å². The van der Waals surface area contributed by atoms with Gasteiger partial charge in [-0.05, 0) is 37.6 Å². The van der Waals surface area contributed by atoms with E-state index < -0.39 is 29.5 Å². The molecule has 166 valence electrons. The molecule has 4 aliphatic rings. The average Bonchev–Trinajstić information content (AvgIpc) is 3.40. The quantitative estimate of drug-likeness (QED) is 0.444. The number of aliphatic hydroxyl groups excluding tert-OH is 1. The standard InChI is InChI=1S/C21H16Cl4N4O3/c22-8-4-10-17(11(24)5-8)27-20(32)21(10)16-15(12-2-1-3-28(12)21)18(30)29(19(16)31)14-7-9(23)6-13(25)26-14/h4-7,12,15-16,20,27,32H,1-3H2. The van der Waals surface area contributed by atoms with Gasteiger partial charge in [0.25, 0.3) is 0 Å². The van der Waals surface area contributed by atoms with Crippen LogP contribution < -0.4 is 10.2 Å². The number of hydrogen-bond acceptors (Lipinski definition) is 6. The smallest absolute Gasteiger partial charge is 0.241 e. The van der Waals surface area contributed by atoms with Crippen molar-refractivity contribution in [1.82, 2.24) is 9.88 Å². The van der Waals surface area contributed by atoms with Crippen LogP contribution in [0.15, 0.2) is 24.3 Å². The molecule has 11 heteroatoms. The number of carbonyl (C=O) groups excluding carboxylic acids is 2. The van der Waals surface area contributed by atoms with E-state index in [1.54, 1.807) is 12.1 Å². The average molecular weight is 514 g/mol. The topological polar surface area (TPSA) is 85.8 Å². The van der Waals surface area contributed by atoms with E-state index in [0.29, 0.717) is 27.8 Å². The molecule has 3 saturated heterocycles. The normalized spacial score (nSPS) is 33.1. The third kappa shape index (κ3) is 2.50. The summed E-state index contributed by atoms with van der Waals surface area (Å²) in [7, 11) is 0. The molecule has 0 aliphatic carbocycles. The van der Waals surface area contributed by atoms with Crippen molar-refractivity contribution >= 4 is 69.7 Å². The number of aliphatic hydroxyl groups is 1. The number of imide groups is 1. The fourth-order valence-corrected chi connectivity index (χ4v) is 7.23. The summed E-state index contributed by atoms with van der Waals surface area (Å²) in [4.78, 5) is 34.9. The second kappa shape index (κ2) is 6.95. The van der Waals surface area contributed by atoms with Crippen LogP contribution in [0, 0.1) is 11.8 Å². The Bertz CT molecular complexity index is 1190. The number of amides is 2. The number of carbonyl (C=O) groups is 2. The molecule has 0 saturated carbocycles. The minimum atomic E-state index is -1.18. The van der Waals surface area contributed by atoms with Crippen LogP contribution in [0.4, 0.5) is 11.5 Å². The van der Waals surface area contributed by atoms with E-state index in [-0.39, 0.29) is 27.9 Å². The Labute approximate surface area is 203 Å². The second-order valence-electron chi connectivity index (χ2n) is 8.57. The molecule has 1 spiro atoms. The van der Waals surface area contributed by atoms with Crippen LogP contribution in [0.3, 0.4) is 0 Å². The van der Waals surface area contributed by atoms with Gasteiger partial charge in [-0.3, -0.25) is 14.5 Å². The lowest BCUT2D eigenvalue weighted by Crippen LogP contribution is -2.56. The number of halogens is 4. The van der Waals surface area contributed by atoms with Gasteiger partial charge in [-0.2, -0.15) is 0 Å². The Morgan fingerprint density at radius 1 is 1.06 bits per heavy atom. The maximum Gasteiger partial charge on any atom is 0.241 e. The van der Waals surface area contributed by atoms with Gasteiger partial charge in [-0.15, -0.1) is 0 Å². The van der Waals surface area contributed by atoms with Crippen LogP contribution in [-0.4, -0.2) is 45.6 Å². The van der Waals surface area contributed by atoms with Gasteiger partial charge < -0.3 is 10.4 Å². The van der Waals surface area contributed by atoms with Crippen molar-refractivity contribution in [1.29, 1.82) is 0 Å². The van der Waals surface area contributed by atoms with Crippen LogP contribution in [0.2, 0.25) is 20.2 Å². The number of benzene rings is 1. The summed E-state index contributed by atoms with van der Waals surface area (Å²) in [5.74, 6) is -2.24. The number of nitrogens with one attached hydrogen (secondary N) is 1. The molecule has 0 bridgehead atoms. The van der Waals surface area contributed by atoms with Crippen molar-refractivity contribution in [2.45, 2.75) is 30.7 Å². The van der Waals surface area contributed by atoms with Crippen molar-refractivity contribution < 1.29 is 14.7 Å². The highest BCUT2D eigenvalue weighted by atomic mass is 35.5. The largest absolute Gasteiger partial charge is 0.371 e. The Morgan fingerprint density at radius 2 is 1.81 bits per heavy atom.